The number of rotatable bonds is 1. The van der Waals surface area contributed by atoms with Crippen LogP contribution < -0.4 is 10.2 Å². The fourth-order valence-electron chi connectivity index (χ4n) is 1.42. The third-order valence-corrected chi connectivity index (χ3v) is 2.48. The lowest BCUT2D eigenvalue weighted by atomic mass is 10.2. The Bertz CT molecular complexity index is 505. The molecule has 1 saturated heterocycles. The SMILES string of the molecule is N#Cc1ccc(Cl)c(N2C(=O)CNC2=O)c1. The van der Waals surface area contributed by atoms with Gasteiger partial charge in [0.05, 0.1) is 28.9 Å². The molecule has 0 aromatic heterocycles. The summed E-state index contributed by atoms with van der Waals surface area (Å²) < 4.78 is 0. The Kier molecular flexibility index (Phi) is 2.50. The fraction of sp³-hybridized carbons (Fsp3) is 0.100. The lowest BCUT2D eigenvalue weighted by Crippen LogP contribution is -2.30. The summed E-state index contributed by atoms with van der Waals surface area (Å²) in [6.45, 7) is -0.0497. The molecule has 16 heavy (non-hydrogen) atoms. The fourth-order valence-corrected chi connectivity index (χ4v) is 1.62. The predicted octanol–water partition coefficient (Wildman–Crippen LogP) is 1.27. The second kappa shape index (κ2) is 3.83. The van der Waals surface area contributed by atoms with E-state index in [2.05, 4.69) is 5.32 Å². The van der Waals surface area contributed by atoms with Gasteiger partial charge in [-0.25, -0.2) is 9.69 Å². The summed E-state index contributed by atoms with van der Waals surface area (Å²) in [6, 6.07) is 5.80. The number of carbonyl (C=O) groups is 2. The van der Waals surface area contributed by atoms with Crippen molar-refractivity contribution in [2.75, 3.05) is 11.4 Å². The van der Waals surface area contributed by atoms with Gasteiger partial charge in [0.1, 0.15) is 0 Å². The van der Waals surface area contributed by atoms with E-state index >= 15 is 0 Å². The predicted molar refractivity (Wildman–Crippen MR) is 57.1 cm³/mol. The number of carbonyl (C=O) groups excluding carboxylic acids is 2. The van der Waals surface area contributed by atoms with Crippen molar-refractivity contribution in [3.63, 3.8) is 0 Å². The second-order valence-electron chi connectivity index (χ2n) is 3.17. The molecule has 6 heteroatoms. The first-order chi connectivity index (χ1) is 7.63. The standard InChI is InChI=1S/C10H6ClN3O2/c11-7-2-1-6(4-12)3-8(7)14-9(15)5-13-10(14)16/h1-3H,5H2,(H,13,16). The molecule has 0 unspecified atom stereocenters. The number of anilines is 1. The van der Waals surface area contributed by atoms with E-state index in [1.807, 2.05) is 6.07 Å². The number of nitrogens with zero attached hydrogens (tertiary/aromatic N) is 2. The molecule has 3 amide bonds. The van der Waals surface area contributed by atoms with Crippen molar-refractivity contribution in [2.24, 2.45) is 0 Å². The highest BCUT2D eigenvalue weighted by Gasteiger charge is 2.31. The van der Waals surface area contributed by atoms with Gasteiger partial charge >= 0.3 is 6.03 Å². The summed E-state index contributed by atoms with van der Waals surface area (Å²) in [4.78, 5) is 23.8. The summed E-state index contributed by atoms with van der Waals surface area (Å²) in [5.41, 5.74) is 0.576. The topological polar surface area (TPSA) is 73.2 Å². The van der Waals surface area contributed by atoms with E-state index < -0.39 is 6.03 Å². The number of hydrogen-bond donors (Lipinski definition) is 1. The van der Waals surface area contributed by atoms with Crippen LogP contribution in [0.4, 0.5) is 10.5 Å². The molecule has 1 aliphatic heterocycles. The number of nitrogens with one attached hydrogen (secondary N) is 1. The van der Waals surface area contributed by atoms with Crippen molar-refractivity contribution >= 4 is 29.2 Å². The highest BCUT2D eigenvalue weighted by molar-refractivity contribution is 6.35. The zero-order valence-corrected chi connectivity index (χ0v) is 8.78. The molecule has 1 aromatic rings. The molecule has 1 fully saturated rings. The van der Waals surface area contributed by atoms with Crippen molar-refractivity contribution in [1.29, 1.82) is 5.26 Å². The minimum absolute atomic E-state index is 0.0497. The Morgan fingerprint density at radius 3 is 2.75 bits per heavy atom. The minimum atomic E-state index is -0.526. The molecule has 80 valence electrons. The van der Waals surface area contributed by atoms with Crippen LogP contribution in [0.3, 0.4) is 0 Å². The van der Waals surface area contributed by atoms with Gasteiger partial charge < -0.3 is 5.32 Å². The van der Waals surface area contributed by atoms with E-state index in [-0.39, 0.29) is 23.2 Å². The number of benzene rings is 1. The van der Waals surface area contributed by atoms with Gasteiger partial charge in [-0.15, -0.1) is 0 Å². The minimum Gasteiger partial charge on any atom is -0.328 e. The first kappa shape index (κ1) is 10.5. The molecule has 0 bridgehead atoms. The highest BCUT2D eigenvalue weighted by Crippen LogP contribution is 2.28. The molecule has 0 aliphatic carbocycles. The Balaban J connectivity index is 2.51. The normalized spacial score (nSPS) is 14.9. The number of hydrogen-bond acceptors (Lipinski definition) is 3. The summed E-state index contributed by atoms with van der Waals surface area (Å²) in [7, 11) is 0. The van der Waals surface area contributed by atoms with Crippen LogP contribution >= 0.6 is 11.6 Å². The molecular weight excluding hydrogens is 230 g/mol. The van der Waals surface area contributed by atoms with Gasteiger partial charge in [0, 0.05) is 0 Å². The molecule has 1 N–H and O–H groups in total. The average Bonchev–Trinajstić information content (AvgIpc) is 2.60. The van der Waals surface area contributed by atoms with Crippen molar-refractivity contribution in [2.45, 2.75) is 0 Å². The monoisotopic (exact) mass is 235 g/mol. The van der Waals surface area contributed by atoms with E-state index in [4.69, 9.17) is 16.9 Å². The van der Waals surface area contributed by atoms with E-state index in [9.17, 15) is 9.59 Å². The Morgan fingerprint density at radius 2 is 2.19 bits per heavy atom. The third kappa shape index (κ3) is 1.59. The van der Waals surface area contributed by atoms with Crippen molar-refractivity contribution < 1.29 is 9.59 Å². The smallest absolute Gasteiger partial charge is 0.328 e. The first-order valence-electron chi connectivity index (χ1n) is 4.44. The second-order valence-corrected chi connectivity index (χ2v) is 3.57. The van der Waals surface area contributed by atoms with Crippen LogP contribution in [0, 0.1) is 11.3 Å². The van der Waals surface area contributed by atoms with Gasteiger partial charge in [-0.05, 0) is 18.2 Å². The largest absolute Gasteiger partial charge is 0.329 e. The first-order valence-corrected chi connectivity index (χ1v) is 4.81. The van der Waals surface area contributed by atoms with Crippen molar-refractivity contribution in [1.82, 2.24) is 5.32 Å². The molecule has 0 spiro atoms. The van der Waals surface area contributed by atoms with E-state index in [0.29, 0.717) is 5.56 Å². The maximum atomic E-state index is 11.4. The molecule has 1 heterocycles. The van der Waals surface area contributed by atoms with Crippen LogP contribution in [-0.2, 0) is 4.79 Å². The average molecular weight is 236 g/mol. The molecule has 0 radical (unpaired) electrons. The quantitative estimate of drug-likeness (QED) is 0.745. The zero-order chi connectivity index (χ0) is 11.7. The van der Waals surface area contributed by atoms with Crippen molar-refractivity contribution in [3.05, 3.63) is 28.8 Å². The third-order valence-electron chi connectivity index (χ3n) is 2.16. The molecule has 2 rings (SSSR count). The van der Waals surface area contributed by atoms with Crippen LogP contribution in [0.15, 0.2) is 18.2 Å². The maximum Gasteiger partial charge on any atom is 0.329 e. The Labute approximate surface area is 96.2 Å². The van der Waals surface area contributed by atoms with E-state index in [1.54, 1.807) is 0 Å². The Hall–Kier alpha value is -2.06. The molecule has 5 nitrogen and oxygen atoms in total. The summed E-state index contributed by atoms with van der Waals surface area (Å²) in [5, 5.41) is 11.4. The lowest BCUT2D eigenvalue weighted by Gasteiger charge is -2.13. The summed E-state index contributed by atoms with van der Waals surface area (Å²) in [6.07, 6.45) is 0. The van der Waals surface area contributed by atoms with Crippen LogP contribution in [0.5, 0.6) is 0 Å². The molecular formula is C10H6ClN3O2. The van der Waals surface area contributed by atoms with Crippen LogP contribution in [0.2, 0.25) is 5.02 Å². The van der Waals surface area contributed by atoms with Crippen LogP contribution in [0.1, 0.15) is 5.56 Å². The maximum absolute atomic E-state index is 11.4. The molecule has 1 aromatic carbocycles. The number of halogens is 1. The summed E-state index contributed by atoms with van der Waals surface area (Å²) in [5.74, 6) is -0.387. The number of imide groups is 1. The van der Waals surface area contributed by atoms with Gasteiger partial charge in [-0.3, -0.25) is 4.79 Å². The van der Waals surface area contributed by atoms with E-state index in [1.165, 1.54) is 18.2 Å². The number of amides is 3. The molecule has 0 atom stereocenters. The van der Waals surface area contributed by atoms with Gasteiger partial charge in [0.2, 0.25) is 0 Å². The van der Waals surface area contributed by atoms with Crippen LogP contribution in [-0.4, -0.2) is 18.5 Å². The van der Waals surface area contributed by atoms with Gasteiger partial charge in [0.15, 0.2) is 0 Å². The highest BCUT2D eigenvalue weighted by atomic mass is 35.5. The lowest BCUT2D eigenvalue weighted by molar-refractivity contribution is -0.115. The van der Waals surface area contributed by atoms with Crippen molar-refractivity contribution in [3.8, 4) is 6.07 Å². The van der Waals surface area contributed by atoms with Gasteiger partial charge in [-0.2, -0.15) is 5.26 Å². The summed E-state index contributed by atoms with van der Waals surface area (Å²) >= 11 is 5.88. The molecule has 1 aliphatic rings. The van der Waals surface area contributed by atoms with Gasteiger partial charge in [0.25, 0.3) is 5.91 Å². The van der Waals surface area contributed by atoms with Crippen LogP contribution in [0.25, 0.3) is 0 Å². The number of urea groups is 1. The Morgan fingerprint density at radius 1 is 1.44 bits per heavy atom. The number of nitriles is 1. The molecule has 0 saturated carbocycles. The van der Waals surface area contributed by atoms with Gasteiger partial charge in [-0.1, -0.05) is 11.6 Å². The van der Waals surface area contributed by atoms with E-state index in [0.717, 1.165) is 4.90 Å². The zero-order valence-electron chi connectivity index (χ0n) is 8.03.